The molecule has 158 valence electrons. The van der Waals surface area contributed by atoms with Crippen molar-refractivity contribution < 1.29 is 19.4 Å². The SMILES string of the molecule is Bc1ccc(Oc2cccc(CC(=O)OC)c2)c(CN[C@@H]2c3ccccc3C[C@@H]2O)c1. The van der Waals surface area contributed by atoms with Crippen molar-refractivity contribution in [2.45, 2.75) is 31.5 Å². The third-order valence-electron chi connectivity index (χ3n) is 5.63. The van der Waals surface area contributed by atoms with E-state index in [1.165, 1.54) is 12.7 Å². The second-order valence-corrected chi connectivity index (χ2v) is 7.94. The summed E-state index contributed by atoms with van der Waals surface area (Å²) < 4.78 is 10.9. The van der Waals surface area contributed by atoms with Gasteiger partial charge in [0.1, 0.15) is 19.3 Å². The summed E-state index contributed by atoms with van der Waals surface area (Å²) in [7, 11) is 3.43. The number of aliphatic hydroxyl groups excluding tert-OH is 1. The monoisotopic (exact) mass is 415 g/mol. The first-order valence-corrected chi connectivity index (χ1v) is 10.5. The molecule has 0 saturated carbocycles. The predicted octanol–water partition coefficient (Wildman–Crippen LogP) is 2.20. The molecule has 5 nitrogen and oxygen atoms in total. The van der Waals surface area contributed by atoms with Gasteiger partial charge in [0, 0.05) is 18.5 Å². The minimum Gasteiger partial charge on any atom is -0.469 e. The van der Waals surface area contributed by atoms with Crippen LogP contribution in [0, 0.1) is 0 Å². The summed E-state index contributed by atoms with van der Waals surface area (Å²) in [5, 5.41) is 14.0. The van der Waals surface area contributed by atoms with Crippen LogP contribution >= 0.6 is 0 Å². The number of rotatable bonds is 7. The molecule has 0 spiro atoms. The Morgan fingerprint density at radius 3 is 2.81 bits per heavy atom. The van der Waals surface area contributed by atoms with Crippen LogP contribution in [0.15, 0.2) is 66.7 Å². The molecule has 6 heteroatoms. The lowest BCUT2D eigenvalue weighted by molar-refractivity contribution is -0.139. The van der Waals surface area contributed by atoms with Crippen molar-refractivity contribution in [1.82, 2.24) is 5.32 Å². The number of ether oxygens (including phenoxy) is 2. The van der Waals surface area contributed by atoms with Gasteiger partial charge in [-0.2, -0.15) is 0 Å². The number of fused-ring (bicyclic) bond motifs is 1. The Hall–Kier alpha value is -3.09. The Morgan fingerprint density at radius 1 is 1.13 bits per heavy atom. The van der Waals surface area contributed by atoms with Crippen LogP contribution in [-0.2, 0) is 28.9 Å². The number of nitrogens with one attached hydrogen (secondary N) is 1. The lowest BCUT2D eigenvalue weighted by atomic mass is 9.94. The van der Waals surface area contributed by atoms with E-state index in [1.807, 2.05) is 56.4 Å². The van der Waals surface area contributed by atoms with E-state index >= 15 is 0 Å². The maximum atomic E-state index is 11.6. The molecule has 0 saturated heterocycles. The molecule has 0 amide bonds. The van der Waals surface area contributed by atoms with Crippen molar-refractivity contribution in [3.8, 4) is 11.5 Å². The van der Waals surface area contributed by atoms with E-state index in [2.05, 4.69) is 23.5 Å². The molecular formula is C25H26BNO4. The fraction of sp³-hybridized carbons (Fsp3) is 0.240. The molecule has 0 bridgehead atoms. The van der Waals surface area contributed by atoms with E-state index in [0.29, 0.717) is 18.7 Å². The molecule has 2 atom stereocenters. The molecule has 1 aliphatic rings. The summed E-state index contributed by atoms with van der Waals surface area (Å²) in [6, 6.07) is 21.6. The number of methoxy groups -OCH3 is 1. The number of benzene rings is 3. The Balaban J connectivity index is 1.51. The highest BCUT2D eigenvalue weighted by Gasteiger charge is 2.30. The fourth-order valence-electron chi connectivity index (χ4n) is 4.07. The number of hydrogen-bond donors (Lipinski definition) is 2. The molecule has 0 fully saturated rings. The zero-order valence-electron chi connectivity index (χ0n) is 17.8. The van der Waals surface area contributed by atoms with Gasteiger partial charge < -0.3 is 19.9 Å². The van der Waals surface area contributed by atoms with Gasteiger partial charge in [0.15, 0.2) is 0 Å². The first kappa shape index (κ1) is 21.2. The molecule has 1 aliphatic carbocycles. The number of carbonyl (C=O) groups is 1. The van der Waals surface area contributed by atoms with Crippen LogP contribution in [0.2, 0.25) is 0 Å². The number of hydrogen-bond acceptors (Lipinski definition) is 5. The smallest absolute Gasteiger partial charge is 0.309 e. The molecule has 0 aliphatic heterocycles. The van der Waals surface area contributed by atoms with Gasteiger partial charge in [-0.15, -0.1) is 0 Å². The molecule has 0 radical (unpaired) electrons. The van der Waals surface area contributed by atoms with Crippen molar-refractivity contribution in [3.63, 3.8) is 0 Å². The van der Waals surface area contributed by atoms with Crippen molar-refractivity contribution in [1.29, 1.82) is 0 Å². The molecule has 0 unspecified atom stereocenters. The molecule has 0 aromatic heterocycles. The fourth-order valence-corrected chi connectivity index (χ4v) is 4.07. The highest BCUT2D eigenvalue weighted by molar-refractivity contribution is 6.32. The Bertz CT molecular complexity index is 1080. The highest BCUT2D eigenvalue weighted by atomic mass is 16.5. The third kappa shape index (κ3) is 4.98. The van der Waals surface area contributed by atoms with Gasteiger partial charge in [0.05, 0.1) is 25.7 Å². The second-order valence-electron chi connectivity index (χ2n) is 7.94. The molecular weight excluding hydrogens is 389 g/mol. The van der Waals surface area contributed by atoms with Crippen LogP contribution in [0.5, 0.6) is 11.5 Å². The first-order valence-electron chi connectivity index (χ1n) is 10.5. The van der Waals surface area contributed by atoms with Gasteiger partial charge >= 0.3 is 5.97 Å². The summed E-state index contributed by atoms with van der Waals surface area (Å²) in [5.41, 5.74) is 5.32. The zero-order valence-corrected chi connectivity index (χ0v) is 17.8. The van der Waals surface area contributed by atoms with E-state index < -0.39 is 6.10 Å². The van der Waals surface area contributed by atoms with Crippen LogP contribution in [0.4, 0.5) is 0 Å². The highest BCUT2D eigenvalue weighted by Crippen LogP contribution is 2.32. The normalized spacial score (nSPS) is 17.2. The number of esters is 1. The summed E-state index contributed by atoms with van der Waals surface area (Å²) in [6.07, 6.45) is 0.425. The van der Waals surface area contributed by atoms with Crippen LogP contribution in [0.25, 0.3) is 0 Å². The average Bonchev–Trinajstić information content (AvgIpc) is 3.09. The Morgan fingerprint density at radius 2 is 1.97 bits per heavy atom. The van der Waals surface area contributed by atoms with E-state index in [-0.39, 0.29) is 18.4 Å². The van der Waals surface area contributed by atoms with Gasteiger partial charge in [0.25, 0.3) is 0 Å². The predicted molar refractivity (Wildman–Crippen MR) is 123 cm³/mol. The van der Waals surface area contributed by atoms with Gasteiger partial charge in [-0.3, -0.25) is 4.79 Å². The second kappa shape index (κ2) is 9.37. The minimum absolute atomic E-state index is 0.104. The number of aliphatic hydroxyl groups is 1. The van der Waals surface area contributed by atoms with E-state index in [0.717, 1.165) is 27.9 Å². The van der Waals surface area contributed by atoms with Crippen LogP contribution in [0.1, 0.15) is 28.3 Å². The Kier molecular flexibility index (Phi) is 6.40. The standard InChI is InChI=1S/C25H26BNO4/c1-30-24(29)12-16-5-4-7-20(11-16)31-23-10-9-19(26)13-18(23)15-27-25-21-8-3-2-6-17(21)14-22(25)28/h2-11,13,22,25,27-28H,12,14-15,26H2,1H3/t22-,25+/m0/s1. The summed E-state index contributed by atoms with van der Waals surface area (Å²) in [6.45, 7) is 0.564. The maximum Gasteiger partial charge on any atom is 0.309 e. The van der Waals surface area contributed by atoms with Crippen LogP contribution < -0.4 is 15.5 Å². The van der Waals surface area contributed by atoms with Crippen molar-refractivity contribution >= 4 is 19.3 Å². The molecule has 2 N–H and O–H groups in total. The lowest BCUT2D eigenvalue weighted by Gasteiger charge is -2.20. The summed E-state index contributed by atoms with van der Waals surface area (Å²) >= 11 is 0. The Labute approximate surface area is 183 Å². The molecule has 3 aromatic carbocycles. The van der Waals surface area contributed by atoms with Crippen LogP contribution in [-0.4, -0.2) is 32.1 Å². The lowest BCUT2D eigenvalue weighted by Crippen LogP contribution is -2.28. The van der Waals surface area contributed by atoms with Crippen molar-refractivity contribution in [3.05, 3.63) is 89.0 Å². The zero-order chi connectivity index (χ0) is 21.8. The van der Waals surface area contributed by atoms with Gasteiger partial charge in [-0.1, -0.05) is 54.0 Å². The third-order valence-corrected chi connectivity index (χ3v) is 5.63. The van der Waals surface area contributed by atoms with E-state index in [1.54, 1.807) is 0 Å². The molecule has 3 aromatic rings. The topological polar surface area (TPSA) is 67.8 Å². The van der Waals surface area contributed by atoms with Crippen molar-refractivity contribution in [2.75, 3.05) is 7.11 Å². The number of carbonyl (C=O) groups excluding carboxylic acids is 1. The largest absolute Gasteiger partial charge is 0.469 e. The first-order chi connectivity index (χ1) is 15.0. The van der Waals surface area contributed by atoms with Gasteiger partial charge in [0.2, 0.25) is 0 Å². The van der Waals surface area contributed by atoms with Gasteiger partial charge in [-0.05, 0) is 34.9 Å². The maximum absolute atomic E-state index is 11.6. The van der Waals surface area contributed by atoms with E-state index in [4.69, 9.17) is 9.47 Å². The van der Waals surface area contributed by atoms with Crippen molar-refractivity contribution in [2.24, 2.45) is 0 Å². The molecule has 0 heterocycles. The quantitative estimate of drug-likeness (QED) is 0.458. The average molecular weight is 415 g/mol. The van der Waals surface area contributed by atoms with Crippen LogP contribution in [0.3, 0.4) is 0 Å². The van der Waals surface area contributed by atoms with Gasteiger partial charge in [-0.25, -0.2) is 0 Å². The summed E-state index contributed by atoms with van der Waals surface area (Å²) in [5.74, 6) is 1.12. The minimum atomic E-state index is -0.443. The summed E-state index contributed by atoms with van der Waals surface area (Å²) in [4.78, 5) is 11.6. The van der Waals surface area contributed by atoms with E-state index in [9.17, 15) is 9.90 Å². The molecule has 31 heavy (non-hydrogen) atoms. The molecule has 4 rings (SSSR count).